The number of aromatic nitrogens is 1. The summed E-state index contributed by atoms with van der Waals surface area (Å²) in [6.07, 6.45) is 0.263. The Morgan fingerprint density at radius 2 is 2.12 bits per heavy atom. The largest absolute Gasteiger partial charge is 0.480 e. The van der Waals surface area contributed by atoms with Gasteiger partial charge in [-0.25, -0.2) is 4.98 Å². The summed E-state index contributed by atoms with van der Waals surface area (Å²) in [6.45, 7) is 0. The molecule has 1 aromatic heterocycles. The van der Waals surface area contributed by atoms with E-state index in [4.69, 9.17) is 10.8 Å². The standard InChI is InChI=1S/C12H12N2O2S/c13-10(12(15)16)6-9-7-17-11(14-9)8-4-2-1-3-5-8/h1-5,7,10H,6,13H2,(H,15,16). The van der Waals surface area contributed by atoms with Crippen LogP contribution >= 0.6 is 11.3 Å². The van der Waals surface area contributed by atoms with E-state index in [2.05, 4.69) is 4.98 Å². The maximum atomic E-state index is 10.6. The summed E-state index contributed by atoms with van der Waals surface area (Å²) < 4.78 is 0. The highest BCUT2D eigenvalue weighted by Gasteiger charge is 2.14. The second kappa shape index (κ2) is 5.07. The van der Waals surface area contributed by atoms with E-state index in [-0.39, 0.29) is 6.42 Å². The first-order chi connectivity index (χ1) is 8.16. The second-order valence-corrected chi connectivity index (χ2v) is 4.52. The number of nitrogens with two attached hydrogens (primary N) is 1. The summed E-state index contributed by atoms with van der Waals surface area (Å²) in [5.41, 5.74) is 7.22. The number of hydrogen-bond donors (Lipinski definition) is 2. The van der Waals surface area contributed by atoms with E-state index in [1.165, 1.54) is 11.3 Å². The van der Waals surface area contributed by atoms with Gasteiger partial charge >= 0.3 is 5.97 Å². The fourth-order valence-electron chi connectivity index (χ4n) is 1.43. The van der Waals surface area contributed by atoms with Gasteiger partial charge in [0.1, 0.15) is 11.0 Å². The van der Waals surface area contributed by atoms with E-state index < -0.39 is 12.0 Å². The number of benzene rings is 1. The van der Waals surface area contributed by atoms with Crippen LogP contribution in [-0.2, 0) is 11.2 Å². The van der Waals surface area contributed by atoms with E-state index >= 15 is 0 Å². The maximum absolute atomic E-state index is 10.6. The third-order valence-electron chi connectivity index (χ3n) is 2.32. The van der Waals surface area contributed by atoms with E-state index in [1.54, 1.807) is 0 Å². The lowest BCUT2D eigenvalue weighted by molar-refractivity contribution is -0.138. The summed E-state index contributed by atoms with van der Waals surface area (Å²) in [4.78, 5) is 15.0. The molecule has 1 heterocycles. The number of carbonyl (C=O) groups is 1. The molecule has 2 rings (SSSR count). The number of aliphatic carboxylic acids is 1. The van der Waals surface area contributed by atoms with E-state index in [1.807, 2.05) is 35.7 Å². The Labute approximate surface area is 103 Å². The molecular formula is C12H12N2O2S. The van der Waals surface area contributed by atoms with Gasteiger partial charge in [0.05, 0.1) is 5.69 Å². The van der Waals surface area contributed by atoms with Crippen LogP contribution in [0.25, 0.3) is 10.6 Å². The van der Waals surface area contributed by atoms with Crippen molar-refractivity contribution in [3.63, 3.8) is 0 Å². The molecule has 0 saturated carbocycles. The average Bonchev–Trinajstić information content (AvgIpc) is 2.78. The van der Waals surface area contributed by atoms with Gasteiger partial charge in [-0.05, 0) is 0 Å². The lowest BCUT2D eigenvalue weighted by Crippen LogP contribution is -2.32. The number of hydrogen-bond acceptors (Lipinski definition) is 4. The summed E-state index contributed by atoms with van der Waals surface area (Å²) in [7, 11) is 0. The van der Waals surface area contributed by atoms with E-state index in [0.717, 1.165) is 16.3 Å². The molecule has 1 atom stereocenters. The molecule has 4 nitrogen and oxygen atoms in total. The minimum absolute atomic E-state index is 0.263. The van der Waals surface area contributed by atoms with Crippen LogP contribution in [0.15, 0.2) is 35.7 Å². The highest BCUT2D eigenvalue weighted by molar-refractivity contribution is 7.13. The van der Waals surface area contributed by atoms with Crippen molar-refractivity contribution >= 4 is 17.3 Å². The molecule has 1 aromatic carbocycles. The third kappa shape index (κ3) is 2.89. The SMILES string of the molecule is NC(Cc1csc(-c2ccccc2)n1)C(=O)O. The normalized spacial score (nSPS) is 12.3. The summed E-state index contributed by atoms with van der Waals surface area (Å²) in [6, 6.07) is 8.89. The Morgan fingerprint density at radius 1 is 1.41 bits per heavy atom. The molecule has 0 aliphatic carbocycles. The van der Waals surface area contributed by atoms with E-state index in [9.17, 15) is 4.79 Å². The molecule has 0 amide bonds. The zero-order valence-corrected chi connectivity index (χ0v) is 9.85. The summed E-state index contributed by atoms with van der Waals surface area (Å²) >= 11 is 1.50. The van der Waals surface area contributed by atoms with Crippen LogP contribution in [-0.4, -0.2) is 22.1 Å². The number of nitrogens with zero attached hydrogens (tertiary/aromatic N) is 1. The fraction of sp³-hybridized carbons (Fsp3) is 0.167. The molecule has 0 fully saturated rings. The van der Waals surface area contributed by atoms with Crippen molar-refractivity contribution in [1.29, 1.82) is 0 Å². The number of rotatable bonds is 4. The van der Waals surface area contributed by atoms with Crippen molar-refractivity contribution in [3.05, 3.63) is 41.4 Å². The molecule has 0 aliphatic heterocycles. The summed E-state index contributed by atoms with van der Waals surface area (Å²) in [5.74, 6) is -1.00. The van der Waals surface area contributed by atoms with E-state index in [0.29, 0.717) is 0 Å². The number of carboxylic acid groups (broad SMARTS) is 1. The van der Waals surface area contributed by atoms with Crippen molar-refractivity contribution in [2.75, 3.05) is 0 Å². The fourth-order valence-corrected chi connectivity index (χ4v) is 2.27. The minimum atomic E-state index is -1.00. The molecule has 0 bridgehead atoms. The molecule has 0 radical (unpaired) electrons. The lowest BCUT2D eigenvalue weighted by Gasteiger charge is -2.02. The number of thiazole rings is 1. The predicted octanol–water partition coefficient (Wildman–Crippen LogP) is 1.76. The van der Waals surface area contributed by atoms with Crippen molar-refractivity contribution in [2.24, 2.45) is 5.73 Å². The van der Waals surface area contributed by atoms with Gasteiger partial charge in [-0.15, -0.1) is 11.3 Å². The first-order valence-electron chi connectivity index (χ1n) is 5.15. The smallest absolute Gasteiger partial charge is 0.320 e. The van der Waals surface area contributed by atoms with Crippen LogP contribution in [0.4, 0.5) is 0 Å². The topological polar surface area (TPSA) is 76.2 Å². The molecule has 0 spiro atoms. The van der Waals surface area contributed by atoms with Gasteiger partial charge in [-0.2, -0.15) is 0 Å². The molecule has 3 N–H and O–H groups in total. The van der Waals surface area contributed by atoms with Gasteiger partial charge in [0.15, 0.2) is 0 Å². The molecule has 2 aromatic rings. The zero-order valence-electron chi connectivity index (χ0n) is 9.04. The highest BCUT2D eigenvalue weighted by Crippen LogP contribution is 2.23. The van der Waals surface area contributed by atoms with Gasteiger partial charge in [0.25, 0.3) is 0 Å². The van der Waals surface area contributed by atoms with Gasteiger partial charge in [-0.3, -0.25) is 4.79 Å². The molecule has 0 aliphatic rings. The second-order valence-electron chi connectivity index (χ2n) is 3.66. The Kier molecular flexibility index (Phi) is 3.51. The molecule has 0 saturated heterocycles. The van der Waals surface area contributed by atoms with Crippen LogP contribution in [0, 0.1) is 0 Å². The van der Waals surface area contributed by atoms with Crippen molar-refractivity contribution < 1.29 is 9.90 Å². The predicted molar refractivity (Wildman–Crippen MR) is 66.9 cm³/mol. The third-order valence-corrected chi connectivity index (χ3v) is 3.26. The molecule has 5 heteroatoms. The number of carboxylic acids is 1. The van der Waals surface area contributed by atoms with Crippen LogP contribution in [0.3, 0.4) is 0 Å². The Balaban J connectivity index is 2.14. The Bertz CT molecular complexity index is 510. The van der Waals surface area contributed by atoms with Crippen molar-refractivity contribution in [1.82, 2.24) is 4.98 Å². The van der Waals surface area contributed by atoms with Gasteiger partial charge < -0.3 is 10.8 Å². The van der Waals surface area contributed by atoms with Crippen LogP contribution < -0.4 is 5.73 Å². The van der Waals surface area contributed by atoms with Crippen molar-refractivity contribution in [3.8, 4) is 10.6 Å². The average molecular weight is 248 g/mol. The molecule has 88 valence electrons. The molecular weight excluding hydrogens is 236 g/mol. The van der Waals surface area contributed by atoms with Crippen molar-refractivity contribution in [2.45, 2.75) is 12.5 Å². The van der Waals surface area contributed by atoms with Gasteiger partial charge in [-0.1, -0.05) is 30.3 Å². The Morgan fingerprint density at radius 3 is 2.76 bits per heavy atom. The quantitative estimate of drug-likeness (QED) is 0.864. The van der Waals surface area contributed by atoms with Crippen LogP contribution in [0.1, 0.15) is 5.69 Å². The van der Waals surface area contributed by atoms with Gasteiger partial charge in [0, 0.05) is 17.4 Å². The first kappa shape index (κ1) is 11.8. The van der Waals surface area contributed by atoms with Crippen LogP contribution in [0.2, 0.25) is 0 Å². The lowest BCUT2D eigenvalue weighted by atomic mass is 10.2. The maximum Gasteiger partial charge on any atom is 0.320 e. The molecule has 17 heavy (non-hydrogen) atoms. The summed E-state index contributed by atoms with van der Waals surface area (Å²) in [5, 5.41) is 11.5. The monoisotopic (exact) mass is 248 g/mol. The zero-order chi connectivity index (χ0) is 12.3. The Hall–Kier alpha value is -1.72. The first-order valence-corrected chi connectivity index (χ1v) is 6.03. The highest BCUT2D eigenvalue weighted by atomic mass is 32.1. The molecule has 1 unspecified atom stereocenters. The minimum Gasteiger partial charge on any atom is -0.480 e. The van der Waals surface area contributed by atoms with Crippen LogP contribution in [0.5, 0.6) is 0 Å². The van der Waals surface area contributed by atoms with Gasteiger partial charge in [0.2, 0.25) is 0 Å².